The van der Waals surface area contributed by atoms with Crippen LogP contribution in [0.25, 0.3) is 16.9 Å². The first kappa shape index (κ1) is 17.0. The highest BCUT2D eigenvalue weighted by atomic mass is 35.5. The number of aliphatic hydroxyl groups is 1. The number of benzene rings is 1. The van der Waals surface area contributed by atoms with E-state index < -0.39 is 0 Å². The van der Waals surface area contributed by atoms with Gasteiger partial charge < -0.3 is 15.2 Å². The normalized spacial score (nSPS) is 11.5. The lowest BCUT2D eigenvalue weighted by molar-refractivity contribution is 0.216. The number of halogens is 2. The lowest BCUT2D eigenvalue weighted by Gasteiger charge is -2.16. The molecule has 0 aliphatic carbocycles. The number of fused-ring (bicyclic) bond motifs is 1. The number of nitrogens with two attached hydrogens (primary N) is 1. The van der Waals surface area contributed by atoms with E-state index in [1.165, 1.54) is 0 Å². The van der Waals surface area contributed by atoms with Crippen LogP contribution >= 0.6 is 23.2 Å². The number of rotatable bonds is 5. The molecule has 5 nitrogen and oxygen atoms in total. The summed E-state index contributed by atoms with van der Waals surface area (Å²) in [6.45, 7) is 1.27. The average molecular weight is 365 g/mol. The molecule has 0 saturated heterocycles. The van der Waals surface area contributed by atoms with Gasteiger partial charge >= 0.3 is 0 Å². The number of hydrogen-bond acceptors (Lipinski definition) is 4. The standard InChI is InChI=1S/C17H18Cl2N4O/c1-22(6-7-24)10-15-17(11-2-4-13(18)14(19)8-11)21-16-5-3-12(20)9-23(15)16/h2-5,8-9,24H,6-7,10,20H2,1H3. The van der Waals surface area contributed by atoms with Crippen LogP contribution in [0.3, 0.4) is 0 Å². The fraction of sp³-hybridized carbons (Fsp3) is 0.235. The summed E-state index contributed by atoms with van der Waals surface area (Å²) in [5.74, 6) is 0. The Kier molecular flexibility index (Phi) is 4.96. The molecule has 3 N–H and O–H groups in total. The maximum absolute atomic E-state index is 9.16. The fourth-order valence-corrected chi connectivity index (χ4v) is 2.94. The topological polar surface area (TPSA) is 66.8 Å². The molecule has 24 heavy (non-hydrogen) atoms. The summed E-state index contributed by atoms with van der Waals surface area (Å²) in [7, 11) is 1.94. The van der Waals surface area contributed by atoms with E-state index in [0.717, 1.165) is 22.6 Å². The van der Waals surface area contributed by atoms with Crippen LogP contribution in [0.15, 0.2) is 36.5 Å². The van der Waals surface area contributed by atoms with E-state index >= 15 is 0 Å². The summed E-state index contributed by atoms with van der Waals surface area (Å²) in [4.78, 5) is 6.75. The number of aromatic nitrogens is 2. The molecule has 0 fully saturated rings. The molecule has 3 rings (SSSR count). The van der Waals surface area contributed by atoms with Crippen LogP contribution in [0.5, 0.6) is 0 Å². The second-order valence-corrected chi connectivity index (χ2v) is 6.50. The Bertz CT molecular complexity index is 878. The Hall–Kier alpha value is -1.79. The van der Waals surface area contributed by atoms with E-state index in [-0.39, 0.29) is 6.61 Å². The molecule has 0 radical (unpaired) electrons. The van der Waals surface area contributed by atoms with Crippen molar-refractivity contribution in [3.05, 3.63) is 52.3 Å². The summed E-state index contributed by atoms with van der Waals surface area (Å²) in [5.41, 5.74) is 10.1. The highest BCUT2D eigenvalue weighted by Crippen LogP contribution is 2.31. The number of pyridine rings is 1. The van der Waals surface area contributed by atoms with Gasteiger partial charge in [-0.25, -0.2) is 4.98 Å². The van der Waals surface area contributed by atoms with Crippen LogP contribution < -0.4 is 5.73 Å². The number of hydrogen-bond donors (Lipinski definition) is 2. The summed E-state index contributed by atoms with van der Waals surface area (Å²) >= 11 is 12.2. The van der Waals surface area contributed by atoms with Gasteiger partial charge in [-0.3, -0.25) is 4.90 Å². The Balaban J connectivity index is 2.16. The number of likely N-dealkylation sites (N-methyl/N-ethyl adjacent to an activating group) is 1. The molecule has 2 heterocycles. The van der Waals surface area contributed by atoms with Crippen molar-refractivity contribution in [2.75, 3.05) is 25.9 Å². The van der Waals surface area contributed by atoms with E-state index in [9.17, 15) is 0 Å². The van der Waals surface area contributed by atoms with Gasteiger partial charge in [0.05, 0.1) is 28.0 Å². The zero-order chi connectivity index (χ0) is 17.3. The van der Waals surface area contributed by atoms with Crippen molar-refractivity contribution in [2.24, 2.45) is 0 Å². The molecule has 2 aromatic heterocycles. The Morgan fingerprint density at radius 3 is 2.71 bits per heavy atom. The van der Waals surface area contributed by atoms with Crippen molar-refractivity contribution in [1.82, 2.24) is 14.3 Å². The molecule has 3 aromatic rings. The van der Waals surface area contributed by atoms with Crippen LogP contribution in [-0.4, -0.2) is 39.6 Å². The van der Waals surface area contributed by atoms with E-state index in [1.807, 2.05) is 46.8 Å². The number of nitrogens with zero attached hydrogens (tertiary/aromatic N) is 3. The van der Waals surface area contributed by atoms with Crippen LogP contribution in [0.4, 0.5) is 5.69 Å². The SMILES string of the molecule is CN(CCO)Cc1c(-c2ccc(Cl)c(Cl)c2)nc2ccc(N)cn12. The van der Waals surface area contributed by atoms with Crippen LogP contribution in [0.1, 0.15) is 5.69 Å². The number of imidazole rings is 1. The average Bonchev–Trinajstić information content (AvgIpc) is 2.88. The first-order valence-corrected chi connectivity index (χ1v) is 8.26. The van der Waals surface area contributed by atoms with Crippen molar-refractivity contribution in [3.63, 3.8) is 0 Å². The van der Waals surface area contributed by atoms with Gasteiger partial charge in [0.25, 0.3) is 0 Å². The van der Waals surface area contributed by atoms with Crippen molar-refractivity contribution in [2.45, 2.75) is 6.54 Å². The quantitative estimate of drug-likeness (QED) is 0.728. The smallest absolute Gasteiger partial charge is 0.137 e. The largest absolute Gasteiger partial charge is 0.398 e. The van der Waals surface area contributed by atoms with Gasteiger partial charge in [-0.05, 0) is 31.3 Å². The van der Waals surface area contributed by atoms with E-state index in [2.05, 4.69) is 0 Å². The molecule has 1 aromatic carbocycles. The summed E-state index contributed by atoms with van der Waals surface area (Å²) in [6, 6.07) is 9.17. The van der Waals surface area contributed by atoms with Gasteiger partial charge in [0.2, 0.25) is 0 Å². The van der Waals surface area contributed by atoms with Crippen molar-refractivity contribution in [1.29, 1.82) is 0 Å². The molecular formula is C17H18Cl2N4O. The van der Waals surface area contributed by atoms with Crippen LogP contribution in [0.2, 0.25) is 10.0 Å². The minimum Gasteiger partial charge on any atom is -0.398 e. The van der Waals surface area contributed by atoms with Gasteiger partial charge in [-0.2, -0.15) is 0 Å². The Labute approximate surface area is 150 Å². The van der Waals surface area contributed by atoms with Crippen molar-refractivity contribution in [3.8, 4) is 11.3 Å². The zero-order valence-corrected chi connectivity index (χ0v) is 14.7. The van der Waals surface area contributed by atoms with Gasteiger partial charge in [0, 0.05) is 30.5 Å². The van der Waals surface area contributed by atoms with Gasteiger partial charge in [0.1, 0.15) is 5.65 Å². The number of anilines is 1. The molecule has 0 aliphatic rings. The molecule has 0 unspecified atom stereocenters. The highest BCUT2D eigenvalue weighted by molar-refractivity contribution is 6.42. The van der Waals surface area contributed by atoms with Gasteiger partial charge in [-0.1, -0.05) is 29.3 Å². The summed E-state index contributed by atoms with van der Waals surface area (Å²) in [6.07, 6.45) is 1.85. The third kappa shape index (κ3) is 3.35. The maximum Gasteiger partial charge on any atom is 0.137 e. The second kappa shape index (κ2) is 6.99. The van der Waals surface area contributed by atoms with E-state index in [4.69, 9.17) is 39.0 Å². The molecule has 0 amide bonds. The van der Waals surface area contributed by atoms with Gasteiger partial charge in [-0.15, -0.1) is 0 Å². The van der Waals surface area contributed by atoms with E-state index in [1.54, 1.807) is 6.07 Å². The molecule has 126 valence electrons. The fourth-order valence-electron chi connectivity index (χ4n) is 2.64. The minimum absolute atomic E-state index is 0.0947. The third-order valence-electron chi connectivity index (χ3n) is 3.83. The number of aliphatic hydroxyl groups excluding tert-OH is 1. The lowest BCUT2D eigenvalue weighted by Crippen LogP contribution is -2.22. The predicted octanol–water partition coefficient (Wildman–Crippen LogP) is 3.31. The molecule has 0 bridgehead atoms. The number of nitrogen functional groups attached to an aromatic ring is 1. The maximum atomic E-state index is 9.16. The Morgan fingerprint density at radius 1 is 1.21 bits per heavy atom. The van der Waals surface area contributed by atoms with Crippen LogP contribution in [-0.2, 0) is 6.54 Å². The van der Waals surface area contributed by atoms with Gasteiger partial charge in [0.15, 0.2) is 0 Å². The predicted molar refractivity (Wildman–Crippen MR) is 98.5 cm³/mol. The Morgan fingerprint density at radius 2 is 2.00 bits per heavy atom. The first-order chi connectivity index (χ1) is 11.5. The summed E-state index contributed by atoms with van der Waals surface area (Å²) in [5, 5.41) is 10.2. The molecule has 7 heteroatoms. The third-order valence-corrected chi connectivity index (χ3v) is 4.57. The van der Waals surface area contributed by atoms with Crippen LogP contribution in [0, 0.1) is 0 Å². The van der Waals surface area contributed by atoms with Crippen molar-refractivity contribution >= 4 is 34.5 Å². The monoisotopic (exact) mass is 364 g/mol. The molecule has 0 atom stereocenters. The molecule has 0 saturated carbocycles. The van der Waals surface area contributed by atoms with Crippen molar-refractivity contribution < 1.29 is 5.11 Å². The summed E-state index contributed by atoms with van der Waals surface area (Å²) < 4.78 is 1.97. The first-order valence-electron chi connectivity index (χ1n) is 7.51. The lowest BCUT2D eigenvalue weighted by atomic mass is 10.1. The molecule has 0 aliphatic heterocycles. The zero-order valence-electron chi connectivity index (χ0n) is 13.2. The van der Waals surface area contributed by atoms with E-state index in [0.29, 0.717) is 28.8 Å². The minimum atomic E-state index is 0.0947. The molecule has 0 spiro atoms. The highest BCUT2D eigenvalue weighted by Gasteiger charge is 2.16. The molecular weight excluding hydrogens is 347 g/mol. The second-order valence-electron chi connectivity index (χ2n) is 5.69.